The van der Waals surface area contributed by atoms with Gasteiger partial charge in [-0.25, -0.2) is 0 Å². The van der Waals surface area contributed by atoms with Crippen molar-refractivity contribution < 1.29 is 9.59 Å². The van der Waals surface area contributed by atoms with E-state index in [4.69, 9.17) is 23.2 Å². The van der Waals surface area contributed by atoms with E-state index in [1.165, 1.54) is 0 Å². The van der Waals surface area contributed by atoms with Crippen molar-refractivity contribution in [1.29, 1.82) is 0 Å². The predicted molar refractivity (Wildman–Crippen MR) is 84.2 cm³/mol. The third-order valence-corrected chi connectivity index (χ3v) is 4.01. The number of ketones is 2. The first-order chi connectivity index (χ1) is 10.1. The van der Waals surface area contributed by atoms with Crippen LogP contribution in [-0.4, -0.2) is 17.4 Å². The molecule has 21 heavy (non-hydrogen) atoms. The fourth-order valence-electron chi connectivity index (χ4n) is 2.48. The fourth-order valence-corrected chi connectivity index (χ4v) is 2.86. The molecule has 0 unspecified atom stereocenters. The molecule has 0 N–H and O–H groups in total. The topological polar surface area (TPSA) is 34.1 Å². The number of Topliss-reactive ketones (excluding diaryl/α,β-unsaturated/α-hetero) is 2. The van der Waals surface area contributed by atoms with E-state index in [0.717, 1.165) is 0 Å². The molecule has 2 aromatic rings. The maximum absolute atomic E-state index is 12.7. The average molecular weight is 317 g/mol. The van der Waals surface area contributed by atoms with Gasteiger partial charge < -0.3 is 0 Å². The first kappa shape index (κ1) is 14.1. The lowest BCUT2D eigenvalue weighted by Crippen LogP contribution is -2.22. The largest absolute Gasteiger partial charge is 0.289 e. The Bertz CT molecular complexity index is 774. The number of fused-ring (bicyclic) bond motifs is 1. The van der Waals surface area contributed by atoms with Crippen LogP contribution in [0, 0.1) is 0 Å². The molecule has 0 spiro atoms. The van der Waals surface area contributed by atoms with Crippen molar-refractivity contribution in [3.8, 4) is 0 Å². The molecule has 4 heteroatoms. The van der Waals surface area contributed by atoms with E-state index in [0.29, 0.717) is 32.9 Å². The maximum atomic E-state index is 12.7. The quantitative estimate of drug-likeness (QED) is 0.769. The van der Waals surface area contributed by atoms with Crippen LogP contribution in [0.2, 0.25) is 5.02 Å². The third-order valence-electron chi connectivity index (χ3n) is 3.49. The van der Waals surface area contributed by atoms with Gasteiger partial charge in [0.15, 0.2) is 11.6 Å². The average Bonchev–Trinajstić information content (AvgIpc) is 2.52. The van der Waals surface area contributed by atoms with Gasteiger partial charge in [0.25, 0.3) is 0 Å². The summed E-state index contributed by atoms with van der Waals surface area (Å²) in [6.07, 6.45) is 0. The van der Waals surface area contributed by atoms with Crippen LogP contribution < -0.4 is 0 Å². The van der Waals surface area contributed by atoms with Crippen LogP contribution in [0.15, 0.2) is 54.1 Å². The van der Waals surface area contributed by atoms with Crippen molar-refractivity contribution in [2.75, 3.05) is 5.88 Å². The second-order valence-electron chi connectivity index (χ2n) is 4.70. The molecular weight excluding hydrogens is 307 g/mol. The fraction of sp³-hybridized carbons (Fsp3) is 0.0588. The molecule has 0 aliphatic heterocycles. The Morgan fingerprint density at radius 3 is 1.95 bits per heavy atom. The first-order valence-electron chi connectivity index (χ1n) is 6.37. The minimum Gasteiger partial charge on any atom is -0.289 e. The maximum Gasteiger partial charge on any atom is 0.194 e. The zero-order valence-electron chi connectivity index (χ0n) is 10.9. The SMILES string of the molecule is O=C1C(CCl)=C(c2ccc(Cl)cc2)C(=O)c2ccccc21. The number of carbonyl (C=O) groups excluding carboxylic acids is 2. The van der Waals surface area contributed by atoms with Crippen LogP contribution in [0.25, 0.3) is 5.57 Å². The lowest BCUT2D eigenvalue weighted by Gasteiger charge is -2.20. The third kappa shape index (κ3) is 2.31. The molecule has 0 amide bonds. The summed E-state index contributed by atoms with van der Waals surface area (Å²) in [7, 11) is 0. The van der Waals surface area contributed by atoms with E-state index in [9.17, 15) is 9.59 Å². The number of rotatable bonds is 2. The van der Waals surface area contributed by atoms with Crippen molar-refractivity contribution in [2.24, 2.45) is 0 Å². The zero-order valence-corrected chi connectivity index (χ0v) is 12.4. The zero-order chi connectivity index (χ0) is 15.0. The van der Waals surface area contributed by atoms with E-state index in [1.807, 2.05) is 0 Å². The highest BCUT2D eigenvalue weighted by Gasteiger charge is 2.31. The van der Waals surface area contributed by atoms with E-state index >= 15 is 0 Å². The molecular formula is C17H10Cl2O2. The summed E-state index contributed by atoms with van der Waals surface area (Å²) in [5.41, 5.74) is 2.19. The summed E-state index contributed by atoms with van der Waals surface area (Å²) in [4.78, 5) is 25.2. The van der Waals surface area contributed by atoms with Crippen LogP contribution in [0.1, 0.15) is 26.3 Å². The predicted octanol–water partition coefficient (Wildman–Crippen LogP) is 4.41. The molecule has 2 nitrogen and oxygen atoms in total. The van der Waals surface area contributed by atoms with Crippen molar-refractivity contribution in [2.45, 2.75) is 0 Å². The van der Waals surface area contributed by atoms with Gasteiger partial charge in [-0.05, 0) is 17.7 Å². The van der Waals surface area contributed by atoms with Crippen molar-refractivity contribution >= 4 is 40.3 Å². The normalized spacial score (nSPS) is 14.4. The molecule has 0 radical (unpaired) electrons. The summed E-state index contributed by atoms with van der Waals surface area (Å²) in [6, 6.07) is 13.6. The summed E-state index contributed by atoms with van der Waals surface area (Å²) in [5.74, 6) is -0.370. The molecule has 2 aromatic carbocycles. The number of hydrogen-bond donors (Lipinski definition) is 0. The summed E-state index contributed by atoms with van der Waals surface area (Å²) < 4.78 is 0. The smallest absolute Gasteiger partial charge is 0.194 e. The molecule has 0 fully saturated rings. The number of hydrogen-bond acceptors (Lipinski definition) is 2. The molecule has 0 bridgehead atoms. The van der Waals surface area contributed by atoms with E-state index in [1.54, 1.807) is 48.5 Å². The highest BCUT2D eigenvalue weighted by atomic mass is 35.5. The summed E-state index contributed by atoms with van der Waals surface area (Å²) in [5, 5.41) is 0.571. The molecule has 0 aromatic heterocycles. The lowest BCUT2D eigenvalue weighted by atomic mass is 9.82. The van der Waals surface area contributed by atoms with Crippen LogP contribution in [0.5, 0.6) is 0 Å². The van der Waals surface area contributed by atoms with E-state index in [-0.39, 0.29) is 17.4 Å². The Hall–Kier alpha value is -1.90. The molecule has 0 heterocycles. The lowest BCUT2D eigenvalue weighted by molar-refractivity contribution is 0.0992. The van der Waals surface area contributed by atoms with Crippen LogP contribution in [-0.2, 0) is 0 Å². The molecule has 0 atom stereocenters. The highest BCUT2D eigenvalue weighted by Crippen LogP contribution is 2.33. The van der Waals surface area contributed by atoms with Crippen LogP contribution in [0.3, 0.4) is 0 Å². The minimum atomic E-state index is -0.190. The monoisotopic (exact) mass is 316 g/mol. The van der Waals surface area contributed by atoms with Crippen molar-refractivity contribution in [3.05, 3.63) is 75.8 Å². The molecule has 1 aliphatic rings. The van der Waals surface area contributed by atoms with E-state index in [2.05, 4.69) is 0 Å². The number of allylic oxidation sites excluding steroid dienone is 2. The number of alkyl halides is 1. The van der Waals surface area contributed by atoms with Gasteiger partial charge in [0, 0.05) is 27.3 Å². The standard InChI is InChI=1S/C17H10Cl2O2/c18-9-14-15(10-5-7-11(19)8-6-10)17(21)13-4-2-1-3-12(13)16(14)20/h1-8H,9H2. The van der Waals surface area contributed by atoms with E-state index < -0.39 is 0 Å². The Labute approximate surface area is 132 Å². The second kappa shape index (κ2) is 5.47. The highest BCUT2D eigenvalue weighted by molar-refractivity contribution is 6.43. The number of benzene rings is 2. The van der Waals surface area contributed by atoms with Gasteiger partial charge in [-0.3, -0.25) is 9.59 Å². The Morgan fingerprint density at radius 1 is 0.810 bits per heavy atom. The molecule has 1 aliphatic carbocycles. The summed E-state index contributed by atoms with van der Waals surface area (Å²) in [6.45, 7) is 0. The van der Waals surface area contributed by atoms with Crippen molar-refractivity contribution in [3.63, 3.8) is 0 Å². The van der Waals surface area contributed by atoms with Gasteiger partial charge in [-0.15, -0.1) is 11.6 Å². The van der Waals surface area contributed by atoms with Crippen LogP contribution >= 0.6 is 23.2 Å². The van der Waals surface area contributed by atoms with Crippen LogP contribution in [0.4, 0.5) is 0 Å². The number of carbonyl (C=O) groups is 2. The Kier molecular flexibility index (Phi) is 3.66. The van der Waals surface area contributed by atoms with Crippen molar-refractivity contribution in [1.82, 2.24) is 0 Å². The van der Waals surface area contributed by atoms with Gasteiger partial charge >= 0.3 is 0 Å². The van der Waals surface area contributed by atoms with Gasteiger partial charge in [0.2, 0.25) is 0 Å². The second-order valence-corrected chi connectivity index (χ2v) is 5.40. The molecule has 3 rings (SSSR count). The van der Waals surface area contributed by atoms with Gasteiger partial charge in [-0.1, -0.05) is 48.0 Å². The Morgan fingerprint density at radius 2 is 1.38 bits per heavy atom. The Balaban J connectivity index is 2.24. The minimum absolute atomic E-state index is 0.00311. The summed E-state index contributed by atoms with van der Waals surface area (Å²) >= 11 is 11.8. The van der Waals surface area contributed by atoms with Gasteiger partial charge in [0.1, 0.15) is 0 Å². The molecule has 104 valence electrons. The first-order valence-corrected chi connectivity index (χ1v) is 7.28. The molecule has 0 saturated heterocycles. The van der Waals surface area contributed by atoms with Gasteiger partial charge in [0.05, 0.1) is 5.88 Å². The number of halogens is 2. The molecule has 0 saturated carbocycles. The van der Waals surface area contributed by atoms with Gasteiger partial charge in [-0.2, -0.15) is 0 Å².